The molecule has 3 heterocycles. The fourth-order valence-corrected chi connectivity index (χ4v) is 5.27. The van der Waals surface area contributed by atoms with Crippen molar-refractivity contribution in [3.05, 3.63) is 107 Å². The zero-order valence-corrected chi connectivity index (χ0v) is 20.2. The Morgan fingerprint density at radius 1 is 0.946 bits per heavy atom. The van der Waals surface area contributed by atoms with Crippen LogP contribution in [0.3, 0.4) is 0 Å². The molecule has 1 aliphatic carbocycles. The number of anilines is 3. The van der Waals surface area contributed by atoms with Gasteiger partial charge in [0.2, 0.25) is 5.91 Å². The van der Waals surface area contributed by atoms with Crippen molar-refractivity contribution < 1.29 is 9.59 Å². The molecule has 3 N–H and O–H groups in total. The zero-order valence-electron chi connectivity index (χ0n) is 20.2. The van der Waals surface area contributed by atoms with Gasteiger partial charge in [-0.25, -0.2) is 15.0 Å². The smallest absolute Gasteiger partial charge is 0.270 e. The maximum Gasteiger partial charge on any atom is 0.270 e. The van der Waals surface area contributed by atoms with Crippen molar-refractivity contribution in [2.75, 3.05) is 17.2 Å². The Bertz CT molecular complexity index is 1490. The Labute approximate surface area is 214 Å². The summed E-state index contributed by atoms with van der Waals surface area (Å²) in [4.78, 5) is 38.3. The standard InChI is InChI=1S/C29H26N6O2/c36-27(31-13-4-8-19-6-2-1-3-7-19)24-15-25(33-18-32-24)34-22-11-10-20-16-29(17-21(20)14-22)23-9-5-12-30-26(23)35-28(29)37/h1-3,5-7,9-12,14-15,18H,4,8,13,16-17H2,(H,31,36)(H,30,35,37)(H,32,33,34). The van der Waals surface area contributed by atoms with Gasteiger partial charge in [0.1, 0.15) is 23.7 Å². The summed E-state index contributed by atoms with van der Waals surface area (Å²) in [6, 6.07) is 21.8. The Balaban J connectivity index is 1.11. The number of hydrogen-bond acceptors (Lipinski definition) is 6. The Morgan fingerprint density at radius 2 is 1.81 bits per heavy atom. The lowest BCUT2D eigenvalue weighted by Crippen LogP contribution is -2.35. The second kappa shape index (κ2) is 9.46. The highest BCUT2D eigenvalue weighted by atomic mass is 16.2. The van der Waals surface area contributed by atoms with E-state index in [1.165, 1.54) is 11.9 Å². The van der Waals surface area contributed by atoms with E-state index >= 15 is 0 Å². The number of carbonyl (C=O) groups excluding carboxylic acids is 2. The van der Waals surface area contributed by atoms with Crippen LogP contribution in [0.1, 0.15) is 39.2 Å². The molecule has 1 atom stereocenters. The molecule has 0 saturated heterocycles. The van der Waals surface area contributed by atoms with Gasteiger partial charge in [-0.05, 0) is 60.6 Å². The van der Waals surface area contributed by atoms with Crippen LogP contribution in [0.15, 0.2) is 79.3 Å². The fourth-order valence-electron chi connectivity index (χ4n) is 5.27. The first kappa shape index (κ1) is 22.8. The summed E-state index contributed by atoms with van der Waals surface area (Å²) in [6.45, 7) is 0.569. The third-order valence-electron chi connectivity index (χ3n) is 7.12. The van der Waals surface area contributed by atoms with Crippen LogP contribution in [-0.4, -0.2) is 33.3 Å². The number of aromatic nitrogens is 3. The number of carbonyl (C=O) groups is 2. The number of fused-ring (bicyclic) bond motifs is 3. The third-order valence-corrected chi connectivity index (χ3v) is 7.12. The number of benzene rings is 2. The number of hydrogen-bond donors (Lipinski definition) is 3. The van der Waals surface area contributed by atoms with Gasteiger partial charge >= 0.3 is 0 Å². The highest BCUT2D eigenvalue weighted by Crippen LogP contribution is 2.47. The van der Waals surface area contributed by atoms with Crippen molar-refractivity contribution in [3.8, 4) is 0 Å². The second-order valence-electron chi connectivity index (χ2n) is 9.53. The molecule has 8 nitrogen and oxygen atoms in total. The summed E-state index contributed by atoms with van der Waals surface area (Å²) in [5.41, 5.74) is 5.02. The number of aryl methyl sites for hydroxylation is 1. The average molecular weight is 491 g/mol. The third kappa shape index (κ3) is 4.42. The van der Waals surface area contributed by atoms with Crippen molar-refractivity contribution >= 4 is 29.1 Å². The summed E-state index contributed by atoms with van der Waals surface area (Å²) >= 11 is 0. The number of amides is 2. The predicted molar refractivity (Wildman–Crippen MR) is 141 cm³/mol. The number of nitrogens with zero attached hydrogens (tertiary/aromatic N) is 3. The van der Waals surface area contributed by atoms with Gasteiger partial charge in [0.25, 0.3) is 5.91 Å². The minimum atomic E-state index is -0.606. The molecule has 2 aliphatic rings. The van der Waals surface area contributed by atoms with E-state index in [-0.39, 0.29) is 11.8 Å². The minimum absolute atomic E-state index is 0.00197. The van der Waals surface area contributed by atoms with Gasteiger partial charge in [0.05, 0.1) is 5.41 Å². The van der Waals surface area contributed by atoms with Gasteiger partial charge in [-0.1, -0.05) is 42.5 Å². The lowest BCUT2D eigenvalue weighted by Gasteiger charge is -2.20. The average Bonchev–Trinajstić information content (AvgIpc) is 3.44. The van der Waals surface area contributed by atoms with Crippen molar-refractivity contribution in [2.24, 2.45) is 0 Å². The number of nitrogens with one attached hydrogen (secondary N) is 3. The quantitative estimate of drug-likeness (QED) is 0.338. The predicted octanol–water partition coefficient (Wildman–Crippen LogP) is 3.97. The largest absolute Gasteiger partial charge is 0.351 e. The Kier molecular flexibility index (Phi) is 5.84. The lowest BCUT2D eigenvalue weighted by molar-refractivity contribution is -0.120. The molecular weight excluding hydrogens is 464 g/mol. The molecule has 0 radical (unpaired) electrons. The number of rotatable bonds is 7. The molecule has 1 spiro atoms. The second-order valence-corrected chi connectivity index (χ2v) is 9.53. The molecule has 8 heteroatoms. The summed E-state index contributed by atoms with van der Waals surface area (Å²) in [7, 11) is 0. The molecule has 184 valence electrons. The van der Waals surface area contributed by atoms with Gasteiger partial charge < -0.3 is 16.0 Å². The van der Waals surface area contributed by atoms with Crippen LogP contribution in [0.4, 0.5) is 17.3 Å². The fraction of sp³-hybridized carbons (Fsp3) is 0.207. The molecule has 0 saturated carbocycles. The molecule has 2 amide bonds. The van der Waals surface area contributed by atoms with E-state index in [2.05, 4.69) is 55.2 Å². The molecule has 6 rings (SSSR count). The van der Waals surface area contributed by atoms with Crippen LogP contribution >= 0.6 is 0 Å². The van der Waals surface area contributed by atoms with E-state index < -0.39 is 5.41 Å². The zero-order chi connectivity index (χ0) is 25.2. The molecule has 2 aromatic carbocycles. The normalized spacial score (nSPS) is 17.2. The highest BCUT2D eigenvalue weighted by molar-refractivity contribution is 6.06. The summed E-state index contributed by atoms with van der Waals surface area (Å²) in [5, 5.41) is 9.16. The van der Waals surface area contributed by atoms with E-state index in [0.717, 1.165) is 35.2 Å². The van der Waals surface area contributed by atoms with E-state index in [4.69, 9.17) is 0 Å². The van der Waals surface area contributed by atoms with Crippen molar-refractivity contribution in [1.82, 2.24) is 20.3 Å². The van der Waals surface area contributed by atoms with Gasteiger partial charge in [-0.3, -0.25) is 9.59 Å². The van der Waals surface area contributed by atoms with Crippen molar-refractivity contribution in [3.63, 3.8) is 0 Å². The SMILES string of the molecule is O=C(NCCCc1ccccc1)c1cc(Nc2ccc3c(c2)CC2(C3)C(=O)Nc3ncccc32)ncn1. The van der Waals surface area contributed by atoms with Crippen LogP contribution in [0.25, 0.3) is 0 Å². The topological polar surface area (TPSA) is 109 Å². The molecule has 0 bridgehead atoms. The molecule has 37 heavy (non-hydrogen) atoms. The van der Waals surface area contributed by atoms with Gasteiger partial charge in [-0.15, -0.1) is 0 Å². The maximum absolute atomic E-state index is 12.9. The minimum Gasteiger partial charge on any atom is -0.351 e. The molecular formula is C29H26N6O2. The lowest BCUT2D eigenvalue weighted by atomic mass is 9.79. The van der Waals surface area contributed by atoms with Gasteiger partial charge in [-0.2, -0.15) is 0 Å². The van der Waals surface area contributed by atoms with Crippen LogP contribution in [0.2, 0.25) is 0 Å². The van der Waals surface area contributed by atoms with Gasteiger partial charge in [0.15, 0.2) is 0 Å². The molecule has 0 fully saturated rings. The maximum atomic E-state index is 12.9. The monoisotopic (exact) mass is 490 g/mol. The van der Waals surface area contributed by atoms with E-state index in [9.17, 15) is 9.59 Å². The van der Waals surface area contributed by atoms with Crippen molar-refractivity contribution in [1.29, 1.82) is 0 Å². The Hall–Kier alpha value is -4.59. The van der Waals surface area contributed by atoms with Crippen LogP contribution < -0.4 is 16.0 Å². The van der Waals surface area contributed by atoms with Gasteiger partial charge in [0, 0.05) is 30.1 Å². The first-order chi connectivity index (χ1) is 18.1. The first-order valence-corrected chi connectivity index (χ1v) is 12.4. The molecule has 2 aromatic heterocycles. The van der Waals surface area contributed by atoms with E-state index in [1.807, 2.05) is 36.4 Å². The molecule has 1 aliphatic heterocycles. The van der Waals surface area contributed by atoms with Crippen molar-refractivity contribution in [2.45, 2.75) is 31.1 Å². The van der Waals surface area contributed by atoms with E-state index in [0.29, 0.717) is 36.7 Å². The summed E-state index contributed by atoms with van der Waals surface area (Å²) in [5.74, 6) is 0.965. The van der Waals surface area contributed by atoms with Crippen LogP contribution in [-0.2, 0) is 29.5 Å². The molecule has 4 aromatic rings. The highest BCUT2D eigenvalue weighted by Gasteiger charge is 2.51. The molecule has 1 unspecified atom stereocenters. The van der Waals surface area contributed by atoms with Crippen LogP contribution in [0, 0.1) is 0 Å². The number of pyridine rings is 1. The van der Waals surface area contributed by atoms with Crippen LogP contribution in [0.5, 0.6) is 0 Å². The Morgan fingerprint density at radius 3 is 2.70 bits per heavy atom. The first-order valence-electron chi connectivity index (χ1n) is 12.4. The van der Waals surface area contributed by atoms with E-state index in [1.54, 1.807) is 12.3 Å². The summed E-state index contributed by atoms with van der Waals surface area (Å²) in [6.07, 6.45) is 6.10. The summed E-state index contributed by atoms with van der Waals surface area (Å²) < 4.78 is 0.